The number of carbonyl (C=O) groups is 1. The van der Waals surface area contributed by atoms with Gasteiger partial charge in [-0.15, -0.1) is 0 Å². The highest BCUT2D eigenvalue weighted by Crippen LogP contribution is 2.20. The highest BCUT2D eigenvalue weighted by atomic mass is 19.1. The maximum atomic E-state index is 12.8. The summed E-state index contributed by atoms with van der Waals surface area (Å²) in [6.45, 7) is 1.74. The smallest absolute Gasteiger partial charge is 0.260 e. The zero-order chi connectivity index (χ0) is 14.0. The topological polar surface area (TPSA) is 88.2 Å². The van der Waals surface area contributed by atoms with E-state index in [1.54, 1.807) is 13.0 Å². The second-order valence-corrected chi connectivity index (χ2v) is 4.05. The predicted molar refractivity (Wildman–Crippen MR) is 69.4 cm³/mol. The number of phenols is 1. The summed E-state index contributed by atoms with van der Waals surface area (Å²) in [6, 6.07) is 4.83. The number of amides is 1. The van der Waals surface area contributed by atoms with Crippen LogP contribution in [0.4, 0.5) is 15.9 Å². The Labute approximate surface area is 108 Å². The molecule has 1 amide bonds. The van der Waals surface area contributed by atoms with Gasteiger partial charge in [0.05, 0.1) is 17.4 Å². The number of hydrogen-bond acceptors (Lipinski definition) is 4. The Morgan fingerprint density at radius 1 is 1.42 bits per heavy atom. The van der Waals surface area contributed by atoms with Gasteiger partial charge in [-0.3, -0.25) is 4.79 Å². The second-order valence-electron chi connectivity index (χ2n) is 4.05. The van der Waals surface area contributed by atoms with Gasteiger partial charge in [0.15, 0.2) is 0 Å². The first-order chi connectivity index (χ1) is 8.97. The van der Waals surface area contributed by atoms with Gasteiger partial charge in [0, 0.05) is 6.07 Å². The van der Waals surface area contributed by atoms with Crippen molar-refractivity contribution in [2.75, 3.05) is 11.1 Å². The van der Waals surface area contributed by atoms with Crippen molar-refractivity contribution in [3.05, 3.63) is 47.4 Å². The number of phenolic OH excluding ortho intramolecular Hbond substituents is 1. The lowest BCUT2D eigenvalue weighted by Gasteiger charge is -2.09. The molecule has 2 rings (SSSR count). The first-order valence-corrected chi connectivity index (χ1v) is 5.49. The van der Waals surface area contributed by atoms with Crippen molar-refractivity contribution in [2.24, 2.45) is 0 Å². The molecule has 98 valence electrons. The number of benzene rings is 1. The van der Waals surface area contributed by atoms with E-state index in [1.165, 1.54) is 12.3 Å². The summed E-state index contributed by atoms with van der Waals surface area (Å²) in [5, 5.41) is 12.0. The van der Waals surface area contributed by atoms with E-state index < -0.39 is 17.5 Å². The van der Waals surface area contributed by atoms with Gasteiger partial charge < -0.3 is 16.2 Å². The molecule has 0 saturated heterocycles. The summed E-state index contributed by atoms with van der Waals surface area (Å²) < 4.78 is 12.8. The van der Waals surface area contributed by atoms with Crippen LogP contribution in [0.1, 0.15) is 15.9 Å². The average Bonchev–Trinajstić information content (AvgIpc) is 2.32. The monoisotopic (exact) mass is 261 g/mol. The van der Waals surface area contributed by atoms with Crippen LogP contribution in [0.3, 0.4) is 0 Å². The van der Waals surface area contributed by atoms with E-state index in [-0.39, 0.29) is 5.56 Å². The molecule has 2 aromatic rings. The van der Waals surface area contributed by atoms with E-state index in [0.717, 1.165) is 12.1 Å². The number of nitrogens with zero attached hydrogens (tertiary/aromatic N) is 1. The number of rotatable bonds is 2. The fraction of sp³-hybridized carbons (Fsp3) is 0.0769. The molecule has 1 heterocycles. The van der Waals surface area contributed by atoms with Gasteiger partial charge in [0.25, 0.3) is 5.91 Å². The SMILES string of the molecule is Cc1cc(N)cnc1NC(=O)c1ccc(F)cc1O. The van der Waals surface area contributed by atoms with Crippen LogP contribution in [0.15, 0.2) is 30.5 Å². The van der Waals surface area contributed by atoms with Crippen molar-refractivity contribution in [3.63, 3.8) is 0 Å². The number of aryl methyl sites for hydroxylation is 1. The highest BCUT2D eigenvalue weighted by molar-refractivity contribution is 6.05. The molecule has 19 heavy (non-hydrogen) atoms. The third-order valence-electron chi connectivity index (χ3n) is 2.54. The van der Waals surface area contributed by atoms with Crippen molar-refractivity contribution in [2.45, 2.75) is 6.92 Å². The summed E-state index contributed by atoms with van der Waals surface area (Å²) in [4.78, 5) is 15.9. The van der Waals surface area contributed by atoms with Crippen molar-refractivity contribution in [1.29, 1.82) is 0 Å². The van der Waals surface area contributed by atoms with Gasteiger partial charge in [-0.05, 0) is 30.7 Å². The van der Waals surface area contributed by atoms with Gasteiger partial charge in [-0.2, -0.15) is 0 Å². The fourth-order valence-corrected chi connectivity index (χ4v) is 1.60. The van der Waals surface area contributed by atoms with E-state index in [9.17, 15) is 14.3 Å². The molecule has 0 unspecified atom stereocenters. The Hall–Kier alpha value is -2.63. The zero-order valence-corrected chi connectivity index (χ0v) is 10.1. The van der Waals surface area contributed by atoms with Crippen LogP contribution in [0.5, 0.6) is 5.75 Å². The van der Waals surface area contributed by atoms with E-state index in [4.69, 9.17) is 5.73 Å². The fourth-order valence-electron chi connectivity index (χ4n) is 1.60. The predicted octanol–water partition coefficient (Wildman–Crippen LogP) is 2.07. The van der Waals surface area contributed by atoms with Crippen molar-refractivity contribution >= 4 is 17.4 Å². The lowest BCUT2D eigenvalue weighted by atomic mass is 10.1. The van der Waals surface area contributed by atoms with Crippen LogP contribution >= 0.6 is 0 Å². The quantitative estimate of drug-likeness (QED) is 0.772. The third-order valence-corrected chi connectivity index (χ3v) is 2.54. The minimum atomic E-state index is -0.615. The molecular weight excluding hydrogens is 249 g/mol. The summed E-state index contributed by atoms with van der Waals surface area (Å²) in [7, 11) is 0. The Bertz CT molecular complexity index is 644. The van der Waals surface area contributed by atoms with Crippen LogP contribution in [0, 0.1) is 12.7 Å². The van der Waals surface area contributed by atoms with Gasteiger partial charge in [-0.25, -0.2) is 9.37 Å². The molecule has 0 aliphatic rings. The molecule has 5 nitrogen and oxygen atoms in total. The Morgan fingerprint density at radius 3 is 2.79 bits per heavy atom. The number of pyridine rings is 1. The minimum absolute atomic E-state index is 0.0283. The normalized spacial score (nSPS) is 10.2. The molecule has 0 fully saturated rings. The molecule has 4 N–H and O–H groups in total. The molecule has 0 saturated carbocycles. The van der Waals surface area contributed by atoms with Crippen LogP contribution in [-0.2, 0) is 0 Å². The average molecular weight is 261 g/mol. The minimum Gasteiger partial charge on any atom is -0.507 e. The number of anilines is 2. The standard InChI is InChI=1S/C13H12FN3O2/c1-7-4-9(15)6-16-12(7)17-13(19)10-3-2-8(14)5-11(10)18/h2-6,18H,15H2,1H3,(H,16,17,19). The summed E-state index contributed by atoms with van der Waals surface area (Å²) in [5.41, 5.74) is 6.70. The van der Waals surface area contributed by atoms with Crippen LogP contribution in [0.2, 0.25) is 0 Å². The molecule has 6 heteroatoms. The number of aromatic hydroxyl groups is 1. The van der Waals surface area contributed by atoms with E-state index in [0.29, 0.717) is 17.1 Å². The number of carbonyl (C=O) groups excluding carboxylic acids is 1. The molecule has 1 aromatic carbocycles. The lowest BCUT2D eigenvalue weighted by Crippen LogP contribution is -2.14. The van der Waals surface area contributed by atoms with Gasteiger partial charge in [-0.1, -0.05) is 0 Å². The summed E-state index contributed by atoms with van der Waals surface area (Å²) in [5.74, 6) is -1.28. The summed E-state index contributed by atoms with van der Waals surface area (Å²) in [6.07, 6.45) is 1.41. The number of nitrogens with one attached hydrogen (secondary N) is 1. The van der Waals surface area contributed by atoms with Crippen molar-refractivity contribution in [3.8, 4) is 5.75 Å². The van der Waals surface area contributed by atoms with Gasteiger partial charge in [0.2, 0.25) is 0 Å². The van der Waals surface area contributed by atoms with E-state index in [2.05, 4.69) is 10.3 Å². The largest absolute Gasteiger partial charge is 0.507 e. The first-order valence-electron chi connectivity index (χ1n) is 5.49. The molecule has 0 aliphatic heterocycles. The van der Waals surface area contributed by atoms with Gasteiger partial charge in [0.1, 0.15) is 17.4 Å². The molecule has 0 spiro atoms. The van der Waals surface area contributed by atoms with Crippen LogP contribution in [-0.4, -0.2) is 16.0 Å². The maximum Gasteiger partial charge on any atom is 0.260 e. The van der Waals surface area contributed by atoms with Crippen molar-refractivity contribution in [1.82, 2.24) is 4.98 Å². The second kappa shape index (κ2) is 4.93. The van der Waals surface area contributed by atoms with E-state index in [1.807, 2.05) is 0 Å². The number of aromatic nitrogens is 1. The molecule has 1 aromatic heterocycles. The zero-order valence-electron chi connectivity index (χ0n) is 10.1. The summed E-state index contributed by atoms with van der Waals surface area (Å²) >= 11 is 0. The maximum absolute atomic E-state index is 12.8. The number of hydrogen-bond donors (Lipinski definition) is 3. The third kappa shape index (κ3) is 2.79. The van der Waals surface area contributed by atoms with Crippen LogP contribution in [0.25, 0.3) is 0 Å². The Kier molecular flexibility index (Phi) is 3.33. The molecular formula is C13H12FN3O2. The van der Waals surface area contributed by atoms with Crippen molar-refractivity contribution < 1.29 is 14.3 Å². The number of nitrogens with two attached hydrogens (primary N) is 1. The number of nitrogen functional groups attached to an aromatic ring is 1. The first kappa shape index (κ1) is 12.8. The number of halogens is 1. The Balaban J connectivity index is 2.25. The molecule has 0 bridgehead atoms. The van der Waals surface area contributed by atoms with E-state index >= 15 is 0 Å². The molecule has 0 radical (unpaired) electrons. The molecule has 0 aliphatic carbocycles. The molecule has 0 atom stereocenters. The van der Waals surface area contributed by atoms with Gasteiger partial charge >= 0.3 is 0 Å². The highest BCUT2D eigenvalue weighted by Gasteiger charge is 2.13. The lowest BCUT2D eigenvalue weighted by molar-refractivity contribution is 0.102. The van der Waals surface area contributed by atoms with Crippen LogP contribution < -0.4 is 11.1 Å². The Morgan fingerprint density at radius 2 is 2.16 bits per heavy atom.